The molecule has 26 heavy (non-hydrogen) atoms. The summed E-state index contributed by atoms with van der Waals surface area (Å²) in [5.74, 6) is -1.01. The molecule has 1 aliphatic heterocycles. The number of hydrogen-bond donors (Lipinski definition) is 3. The van der Waals surface area contributed by atoms with Gasteiger partial charge in [0, 0.05) is 6.54 Å². The fraction of sp³-hybridized carbons (Fsp3) is 0.842. The van der Waals surface area contributed by atoms with Crippen molar-refractivity contribution < 1.29 is 19.6 Å². The largest absolute Gasteiger partial charge is 0.354 e. The van der Waals surface area contributed by atoms with Gasteiger partial charge in [0.05, 0.1) is 12.5 Å². The summed E-state index contributed by atoms with van der Waals surface area (Å²) in [6, 6.07) is -0.661. The number of nitrogens with one attached hydrogen (secondary N) is 2. The maximum Gasteiger partial charge on any atom is 0.243 e. The van der Waals surface area contributed by atoms with Crippen LogP contribution < -0.4 is 10.6 Å². The summed E-state index contributed by atoms with van der Waals surface area (Å²) in [5.41, 5.74) is -0.443. The molecule has 1 heterocycles. The second-order valence-corrected chi connectivity index (χ2v) is 8.29. The summed E-state index contributed by atoms with van der Waals surface area (Å²) in [6.07, 6.45) is 8.21. The fourth-order valence-electron chi connectivity index (χ4n) is 3.22. The Bertz CT molecular complexity index is 462. The van der Waals surface area contributed by atoms with Gasteiger partial charge in [0.25, 0.3) is 0 Å². The van der Waals surface area contributed by atoms with E-state index in [0.29, 0.717) is 24.4 Å². The number of hydrogen-bond acceptors (Lipinski definition) is 4. The standard InChI is InChI=1S/C19H35N3O4/c1-19(2,3)16-18(25)20-12-10-8-6-4-5-7-9-11-15(17(24)21-16)13-22(26)14-23/h14-16,26H,4-13H2,1-3H3,(H,20,25)(H,21,24). The minimum absolute atomic E-state index is 0.0617. The topological polar surface area (TPSA) is 98.7 Å². The SMILES string of the molecule is CC(C)(C)C1NC(=O)C(CN(O)C=O)CCCCCCCCCNC1=O. The van der Waals surface area contributed by atoms with Crippen LogP contribution in [0.25, 0.3) is 0 Å². The summed E-state index contributed by atoms with van der Waals surface area (Å²) in [7, 11) is 0. The maximum absolute atomic E-state index is 12.8. The van der Waals surface area contributed by atoms with E-state index in [-0.39, 0.29) is 18.4 Å². The highest BCUT2D eigenvalue weighted by atomic mass is 16.5. The van der Waals surface area contributed by atoms with Crippen molar-refractivity contribution >= 4 is 18.2 Å². The lowest BCUT2D eigenvalue weighted by atomic mass is 9.85. The van der Waals surface area contributed by atoms with Gasteiger partial charge in [0.1, 0.15) is 6.04 Å². The van der Waals surface area contributed by atoms with Crippen molar-refractivity contribution in [3.05, 3.63) is 0 Å². The van der Waals surface area contributed by atoms with E-state index in [1.54, 1.807) is 0 Å². The summed E-state index contributed by atoms with van der Waals surface area (Å²) in [5, 5.41) is 15.8. The molecule has 1 rings (SSSR count). The Morgan fingerprint density at radius 3 is 2.19 bits per heavy atom. The summed E-state index contributed by atoms with van der Waals surface area (Å²) >= 11 is 0. The van der Waals surface area contributed by atoms with Crippen molar-refractivity contribution in [3.63, 3.8) is 0 Å². The van der Waals surface area contributed by atoms with Gasteiger partial charge in [-0.25, -0.2) is 5.06 Å². The molecule has 2 unspecified atom stereocenters. The van der Waals surface area contributed by atoms with Gasteiger partial charge in [0.15, 0.2) is 0 Å². The Kier molecular flexibility index (Phi) is 9.62. The number of carbonyl (C=O) groups is 3. The maximum atomic E-state index is 12.8. The molecule has 1 fully saturated rings. The average Bonchev–Trinajstić information content (AvgIpc) is 2.58. The first-order chi connectivity index (χ1) is 12.3. The highest BCUT2D eigenvalue weighted by Gasteiger charge is 2.34. The van der Waals surface area contributed by atoms with E-state index in [2.05, 4.69) is 10.6 Å². The van der Waals surface area contributed by atoms with Crippen LogP contribution in [0.3, 0.4) is 0 Å². The Morgan fingerprint density at radius 2 is 1.62 bits per heavy atom. The van der Waals surface area contributed by atoms with Gasteiger partial charge in [0.2, 0.25) is 18.2 Å². The van der Waals surface area contributed by atoms with Gasteiger partial charge in [-0.2, -0.15) is 0 Å². The molecule has 0 spiro atoms. The quantitative estimate of drug-likeness (QED) is 0.404. The normalized spacial score (nSPS) is 24.6. The molecule has 2 atom stereocenters. The number of hydroxylamine groups is 2. The second-order valence-electron chi connectivity index (χ2n) is 8.29. The van der Waals surface area contributed by atoms with Gasteiger partial charge in [-0.3, -0.25) is 19.6 Å². The molecule has 7 heteroatoms. The van der Waals surface area contributed by atoms with Gasteiger partial charge < -0.3 is 10.6 Å². The molecule has 1 aliphatic rings. The minimum Gasteiger partial charge on any atom is -0.354 e. The van der Waals surface area contributed by atoms with Crippen molar-refractivity contribution in [3.8, 4) is 0 Å². The fourth-order valence-corrected chi connectivity index (χ4v) is 3.22. The third kappa shape index (κ3) is 8.17. The minimum atomic E-state index is -0.661. The van der Waals surface area contributed by atoms with Crippen LogP contribution in [-0.4, -0.2) is 47.6 Å². The Labute approximate surface area is 156 Å². The molecule has 1 saturated heterocycles. The molecule has 0 bridgehead atoms. The lowest BCUT2D eigenvalue weighted by molar-refractivity contribution is -0.155. The first-order valence-corrected chi connectivity index (χ1v) is 9.74. The molecule has 3 N–H and O–H groups in total. The van der Waals surface area contributed by atoms with Gasteiger partial charge in [-0.1, -0.05) is 59.3 Å². The van der Waals surface area contributed by atoms with Crippen LogP contribution in [-0.2, 0) is 14.4 Å². The molecule has 0 radical (unpaired) electrons. The first kappa shape index (κ1) is 22.4. The zero-order chi connectivity index (χ0) is 19.6. The third-order valence-electron chi connectivity index (χ3n) is 4.84. The lowest BCUT2D eigenvalue weighted by Gasteiger charge is -2.32. The molecule has 0 aromatic rings. The summed E-state index contributed by atoms with van der Waals surface area (Å²) in [6.45, 7) is 6.27. The Morgan fingerprint density at radius 1 is 1.04 bits per heavy atom. The monoisotopic (exact) mass is 369 g/mol. The number of carbonyl (C=O) groups excluding carboxylic acids is 3. The van der Waals surface area contributed by atoms with E-state index >= 15 is 0 Å². The number of amides is 3. The van der Waals surface area contributed by atoms with E-state index in [1.165, 1.54) is 0 Å². The molecule has 0 saturated carbocycles. The van der Waals surface area contributed by atoms with Crippen LogP contribution in [0.15, 0.2) is 0 Å². The second kappa shape index (κ2) is 11.2. The molecular formula is C19H35N3O4. The van der Waals surface area contributed by atoms with Gasteiger partial charge in [-0.05, 0) is 18.3 Å². The molecule has 0 aromatic heterocycles. The van der Waals surface area contributed by atoms with Crippen molar-refractivity contribution in [2.75, 3.05) is 13.1 Å². The van der Waals surface area contributed by atoms with Gasteiger partial charge >= 0.3 is 0 Å². The van der Waals surface area contributed by atoms with Crippen molar-refractivity contribution in [2.45, 2.75) is 78.2 Å². The third-order valence-corrected chi connectivity index (χ3v) is 4.84. The number of rotatable bonds is 3. The van der Waals surface area contributed by atoms with Crippen LogP contribution in [0.1, 0.15) is 72.1 Å². The van der Waals surface area contributed by atoms with E-state index in [0.717, 1.165) is 44.9 Å². The summed E-state index contributed by atoms with van der Waals surface area (Å²) < 4.78 is 0. The Hall–Kier alpha value is -1.63. The first-order valence-electron chi connectivity index (χ1n) is 9.74. The predicted octanol–water partition coefficient (Wildman–Crippen LogP) is 2.23. The smallest absolute Gasteiger partial charge is 0.243 e. The van der Waals surface area contributed by atoms with Crippen molar-refractivity contribution in [1.29, 1.82) is 0 Å². The van der Waals surface area contributed by atoms with Crippen LogP contribution >= 0.6 is 0 Å². The zero-order valence-electron chi connectivity index (χ0n) is 16.4. The van der Waals surface area contributed by atoms with E-state index in [4.69, 9.17) is 0 Å². The molecular weight excluding hydrogens is 334 g/mol. The summed E-state index contributed by atoms with van der Waals surface area (Å²) in [4.78, 5) is 36.1. The molecule has 150 valence electrons. The highest BCUT2D eigenvalue weighted by Crippen LogP contribution is 2.21. The zero-order valence-corrected chi connectivity index (χ0v) is 16.4. The molecule has 0 aliphatic carbocycles. The molecule has 7 nitrogen and oxygen atoms in total. The van der Waals surface area contributed by atoms with Crippen LogP contribution in [0.2, 0.25) is 0 Å². The van der Waals surface area contributed by atoms with Gasteiger partial charge in [-0.15, -0.1) is 0 Å². The molecule has 3 amide bonds. The van der Waals surface area contributed by atoms with Crippen LogP contribution in [0.5, 0.6) is 0 Å². The van der Waals surface area contributed by atoms with Crippen molar-refractivity contribution in [1.82, 2.24) is 15.7 Å². The van der Waals surface area contributed by atoms with Crippen LogP contribution in [0.4, 0.5) is 0 Å². The average molecular weight is 370 g/mol. The molecule has 0 aromatic carbocycles. The van der Waals surface area contributed by atoms with E-state index < -0.39 is 17.4 Å². The highest BCUT2D eigenvalue weighted by molar-refractivity contribution is 5.89. The van der Waals surface area contributed by atoms with E-state index in [1.807, 2.05) is 20.8 Å². The van der Waals surface area contributed by atoms with Crippen molar-refractivity contribution in [2.24, 2.45) is 11.3 Å². The Balaban J connectivity index is 2.90. The number of nitrogens with zero attached hydrogens (tertiary/aromatic N) is 1. The van der Waals surface area contributed by atoms with Crippen LogP contribution in [0, 0.1) is 11.3 Å². The lowest BCUT2D eigenvalue weighted by Crippen LogP contribution is -2.55. The predicted molar refractivity (Wildman–Crippen MR) is 99.4 cm³/mol. The van der Waals surface area contributed by atoms with E-state index in [9.17, 15) is 19.6 Å².